The molecule has 1 aliphatic heterocycles. The molecule has 5 heteroatoms. The van der Waals surface area contributed by atoms with Crippen molar-refractivity contribution in [3.63, 3.8) is 0 Å². The second-order valence-electron chi connectivity index (χ2n) is 6.87. The molecular formula is C23H18ClFN2O. The molecule has 1 aliphatic rings. The first-order chi connectivity index (χ1) is 13.5. The Balaban J connectivity index is 1.81. The lowest BCUT2D eigenvalue weighted by Crippen LogP contribution is -2.27. The molecule has 1 unspecified atom stereocenters. The van der Waals surface area contributed by atoms with Gasteiger partial charge < -0.3 is 5.32 Å². The summed E-state index contributed by atoms with van der Waals surface area (Å²) in [6.07, 6.45) is 0.471. The van der Waals surface area contributed by atoms with Crippen molar-refractivity contribution in [2.75, 3.05) is 5.32 Å². The standard InChI is InChI=1S/C23H18ClFN2O/c1-14-2-4-15(5-3-14)12-21-23(28)27-20-11-8-17(24)13-19(20)22(26-21)16-6-9-18(25)10-7-16/h2-11,13,21H,12H2,1H3,(H,27,28). The number of carbonyl (C=O) groups is 1. The van der Waals surface area contributed by atoms with Gasteiger partial charge in [0.05, 0.1) is 11.4 Å². The summed E-state index contributed by atoms with van der Waals surface area (Å²) in [7, 11) is 0. The second-order valence-corrected chi connectivity index (χ2v) is 7.31. The Hall–Kier alpha value is -2.98. The van der Waals surface area contributed by atoms with Crippen LogP contribution in [0.25, 0.3) is 0 Å². The summed E-state index contributed by atoms with van der Waals surface area (Å²) in [5, 5.41) is 3.50. The average Bonchev–Trinajstić information content (AvgIpc) is 2.81. The molecule has 0 saturated carbocycles. The SMILES string of the molecule is Cc1ccc(CC2N=C(c3ccc(F)cc3)c3cc(Cl)ccc3NC2=O)cc1. The van der Waals surface area contributed by atoms with Crippen LogP contribution >= 0.6 is 11.6 Å². The fraction of sp³-hybridized carbons (Fsp3) is 0.130. The van der Waals surface area contributed by atoms with Crippen LogP contribution in [0.5, 0.6) is 0 Å². The van der Waals surface area contributed by atoms with E-state index in [1.54, 1.807) is 30.3 Å². The molecule has 1 N–H and O–H groups in total. The van der Waals surface area contributed by atoms with Crippen molar-refractivity contribution >= 4 is 28.9 Å². The molecule has 0 aromatic heterocycles. The Morgan fingerprint density at radius 3 is 2.46 bits per heavy atom. The van der Waals surface area contributed by atoms with Crippen LogP contribution in [0.15, 0.2) is 71.7 Å². The Bertz CT molecular complexity index is 1060. The van der Waals surface area contributed by atoms with Gasteiger partial charge in [-0.25, -0.2) is 4.39 Å². The monoisotopic (exact) mass is 392 g/mol. The third kappa shape index (κ3) is 3.82. The van der Waals surface area contributed by atoms with Crippen LogP contribution in [0, 0.1) is 12.7 Å². The number of hydrogen-bond acceptors (Lipinski definition) is 2. The van der Waals surface area contributed by atoms with Crippen molar-refractivity contribution in [3.8, 4) is 0 Å². The number of nitrogens with one attached hydrogen (secondary N) is 1. The maximum absolute atomic E-state index is 13.4. The summed E-state index contributed by atoms with van der Waals surface area (Å²) >= 11 is 6.20. The number of hydrogen-bond donors (Lipinski definition) is 1. The number of anilines is 1. The van der Waals surface area contributed by atoms with E-state index in [9.17, 15) is 9.18 Å². The Morgan fingerprint density at radius 1 is 1.04 bits per heavy atom. The number of benzodiazepines with no additional fused rings is 1. The molecule has 1 amide bonds. The van der Waals surface area contributed by atoms with Gasteiger partial charge in [0.1, 0.15) is 11.9 Å². The Kier molecular flexibility index (Phi) is 4.97. The molecule has 4 rings (SSSR count). The predicted octanol–water partition coefficient (Wildman–Crippen LogP) is 5.19. The molecule has 3 aromatic carbocycles. The summed E-state index contributed by atoms with van der Waals surface area (Å²) in [5.74, 6) is -0.504. The largest absolute Gasteiger partial charge is 0.324 e. The predicted molar refractivity (Wildman–Crippen MR) is 111 cm³/mol. The van der Waals surface area contributed by atoms with Crippen LogP contribution < -0.4 is 5.32 Å². The summed E-state index contributed by atoms with van der Waals surface area (Å²) in [5.41, 5.74) is 4.90. The van der Waals surface area contributed by atoms with Gasteiger partial charge >= 0.3 is 0 Å². The molecule has 0 bridgehead atoms. The molecule has 0 radical (unpaired) electrons. The van der Waals surface area contributed by atoms with E-state index in [4.69, 9.17) is 16.6 Å². The zero-order valence-electron chi connectivity index (χ0n) is 15.2. The van der Waals surface area contributed by atoms with Crippen LogP contribution in [0.2, 0.25) is 5.02 Å². The zero-order valence-corrected chi connectivity index (χ0v) is 16.0. The molecular weight excluding hydrogens is 375 g/mol. The van der Waals surface area contributed by atoms with E-state index in [1.165, 1.54) is 12.1 Å². The number of halogens is 2. The van der Waals surface area contributed by atoms with Gasteiger partial charge in [0, 0.05) is 22.6 Å². The molecule has 0 spiro atoms. The molecule has 0 saturated heterocycles. The van der Waals surface area contributed by atoms with Crippen molar-refractivity contribution in [1.82, 2.24) is 0 Å². The molecule has 1 atom stereocenters. The lowest BCUT2D eigenvalue weighted by atomic mass is 10.00. The fourth-order valence-electron chi connectivity index (χ4n) is 3.24. The Labute approximate surface area is 167 Å². The Morgan fingerprint density at radius 2 is 1.75 bits per heavy atom. The van der Waals surface area contributed by atoms with E-state index in [-0.39, 0.29) is 11.7 Å². The quantitative estimate of drug-likeness (QED) is 0.654. The van der Waals surface area contributed by atoms with E-state index in [1.807, 2.05) is 31.2 Å². The van der Waals surface area contributed by atoms with Gasteiger partial charge in [0.25, 0.3) is 0 Å². The van der Waals surface area contributed by atoms with Gasteiger partial charge in [0.2, 0.25) is 5.91 Å². The third-order valence-corrected chi connectivity index (χ3v) is 4.98. The van der Waals surface area contributed by atoms with Crippen molar-refractivity contribution in [3.05, 3.63) is 99.8 Å². The number of aryl methyl sites for hydroxylation is 1. The maximum Gasteiger partial charge on any atom is 0.249 e. The number of nitrogens with zero attached hydrogens (tertiary/aromatic N) is 1. The minimum absolute atomic E-state index is 0.179. The number of carbonyl (C=O) groups excluding carboxylic acids is 1. The van der Waals surface area contributed by atoms with Crippen LogP contribution in [0.1, 0.15) is 22.3 Å². The highest BCUT2D eigenvalue weighted by atomic mass is 35.5. The van der Waals surface area contributed by atoms with Crippen molar-refractivity contribution in [2.45, 2.75) is 19.4 Å². The third-order valence-electron chi connectivity index (χ3n) is 4.75. The van der Waals surface area contributed by atoms with Gasteiger partial charge in [0.15, 0.2) is 0 Å². The fourth-order valence-corrected chi connectivity index (χ4v) is 3.42. The van der Waals surface area contributed by atoms with E-state index in [0.717, 1.165) is 22.3 Å². The average molecular weight is 393 g/mol. The zero-order chi connectivity index (χ0) is 19.7. The number of amides is 1. The lowest BCUT2D eigenvalue weighted by Gasteiger charge is -2.11. The molecule has 0 fully saturated rings. The molecule has 0 aliphatic carbocycles. The summed E-state index contributed by atoms with van der Waals surface area (Å²) in [6, 6.07) is 18.8. The van der Waals surface area contributed by atoms with Crippen LogP contribution in [-0.2, 0) is 11.2 Å². The van der Waals surface area contributed by atoms with E-state index in [0.29, 0.717) is 22.8 Å². The van der Waals surface area contributed by atoms with Crippen LogP contribution in [0.4, 0.5) is 10.1 Å². The molecule has 3 aromatic rings. The number of benzene rings is 3. The minimum atomic E-state index is -0.603. The van der Waals surface area contributed by atoms with Crippen molar-refractivity contribution in [2.24, 2.45) is 4.99 Å². The van der Waals surface area contributed by atoms with E-state index in [2.05, 4.69) is 5.32 Å². The highest BCUT2D eigenvalue weighted by Gasteiger charge is 2.26. The topological polar surface area (TPSA) is 41.5 Å². The van der Waals surface area contributed by atoms with Crippen molar-refractivity contribution < 1.29 is 9.18 Å². The van der Waals surface area contributed by atoms with Gasteiger partial charge in [-0.15, -0.1) is 0 Å². The highest BCUT2D eigenvalue weighted by Crippen LogP contribution is 2.28. The van der Waals surface area contributed by atoms with Gasteiger partial charge in [-0.3, -0.25) is 9.79 Å². The number of fused-ring (bicyclic) bond motifs is 1. The van der Waals surface area contributed by atoms with Crippen molar-refractivity contribution in [1.29, 1.82) is 0 Å². The smallest absolute Gasteiger partial charge is 0.249 e. The van der Waals surface area contributed by atoms with Gasteiger partial charge in [-0.1, -0.05) is 41.4 Å². The summed E-state index contributed by atoms with van der Waals surface area (Å²) < 4.78 is 13.4. The first kappa shape index (κ1) is 18.4. The molecule has 28 heavy (non-hydrogen) atoms. The van der Waals surface area contributed by atoms with Crippen LogP contribution in [-0.4, -0.2) is 17.7 Å². The molecule has 140 valence electrons. The van der Waals surface area contributed by atoms with E-state index >= 15 is 0 Å². The summed E-state index contributed by atoms with van der Waals surface area (Å²) in [6.45, 7) is 2.02. The van der Waals surface area contributed by atoms with Gasteiger partial charge in [-0.2, -0.15) is 0 Å². The number of rotatable bonds is 3. The summed E-state index contributed by atoms with van der Waals surface area (Å²) in [4.78, 5) is 17.6. The highest BCUT2D eigenvalue weighted by molar-refractivity contribution is 6.32. The first-order valence-electron chi connectivity index (χ1n) is 9.00. The minimum Gasteiger partial charge on any atom is -0.324 e. The normalized spacial score (nSPS) is 16.0. The lowest BCUT2D eigenvalue weighted by molar-refractivity contribution is -0.117. The number of aliphatic imine (C=N–C) groups is 1. The molecule has 3 nitrogen and oxygen atoms in total. The maximum atomic E-state index is 13.4. The van der Waals surface area contributed by atoms with E-state index < -0.39 is 6.04 Å². The second kappa shape index (κ2) is 7.56. The first-order valence-corrected chi connectivity index (χ1v) is 9.37. The van der Waals surface area contributed by atoms with Gasteiger partial charge in [-0.05, 0) is 55.0 Å². The molecule has 1 heterocycles. The van der Waals surface area contributed by atoms with Crippen LogP contribution in [0.3, 0.4) is 0 Å².